The van der Waals surface area contributed by atoms with Gasteiger partial charge < -0.3 is 117 Å². The Morgan fingerprint density at radius 1 is 0.565 bits per heavy atom. The maximum absolute atomic E-state index is 14.6. The van der Waals surface area contributed by atoms with Crippen LogP contribution in [-0.2, 0) is 86.4 Å². The first kappa shape index (κ1) is 90.4. The van der Waals surface area contributed by atoms with Crippen LogP contribution in [0.2, 0.25) is 0 Å². The molecule has 0 radical (unpaired) electrons. The second-order valence-corrected chi connectivity index (χ2v) is 29.4. The zero-order valence-electron chi connectivity index (χ0n) is 65.3. The third-order valence-electron chi connectivity index (χ3n) is 20.0. The molecule has 5 heterocycles. The van der Waals surface area contributed by atoms with E-state index >= 15 is 0 Å². The van der Waals surface area contributed by atoms with Gasteiger partial charge in [-0.3, -0.25) is 72.3 Å². The van der Waals surface area contributed by atoms with Crippen LogP contribution in [-0.4, -0.2) is 248 Å². The molecule has 12 atom stereocenters. The van der Waals surface area contributed by atoms with Crippen molar-refractivity contribution in [1.82, 2.24) is 83.2 Å². The molecule has 13 amide bonds. The normalized spacial score (nSPS) is 17.5. The summed E-state index contributed by atoms with van der Waals surface area (Å²) in [4.78, 5) is 217. The number of carbonyl (C=O) groups is 14. The molecule has 7 rings (SSSR count). The second-order valence-electron chi connectivity index (χ2n) is 29.4. The first-order valence-electron chi connectivity index (χ1n) is 39.2. The van der Waals surface area contributed by atoms with Crippen molar-refractivity contribution >= 4 is 106 Å². The van der Waals surface area contributed by atoms with E-state index in [1.54, 1.807) is 50.4 Å². The quantitative estimate of drug-likeness (QED) is 0.0115. The number of carboxylic acids is 1. The lowest BCUT2D eigenvalue weighted by Gasteiger charge is -2.31. The van der Waals surface area contributed by atoms with E-state index < -0.39 is 163 Å². The van der Waals surface area contributed by atoms with Gasteiger partial charge in [0, 0.05) is 80.9 Å². The predicted molar refractivity (Wildman–Crippen MR) is 422 cm³/mol. The van der Waals surface area contributed by atoms with Crippen molar-refractivity contribution in [2.45, 2.75) is 222 Å². The number of aliphatic carboxylic acids is 1. The number of aliphatic hydroxyl groups excluding tert-OH is 1. The van der Waals surface area contributed by atoms with Crippen LogP contribution < -0.4 is 87.2 Å². The number of nitrogens with two attached hydrogens (primary N) is 5. The van der Waals surface area contributed by atoms with E-state index in [0.29, 0.717) is 55.3 Å². The summed E-state index contributed by atoms with van der Waals surface area (Å²) in [6.07, 6.45) is 7.51. The Bertz CT molecular complexity index is 4040. The van der Waals surface area contributed by atoms with Gasteiger partial charge in [0.05, 0.1) is 19.5 Å². The van der Waals surface area contributed by atoms with Crippen LogP contribution in [0.4, 0.5) is 0 Å². The number of para-hydroxylation sites is 1. The summed E-state index contributed by atoms with van der Waals surface area (Å²) in [5, 5.41) is 51.0. The molecular weight excluding hydrogens is 1490 g/mol. The van der Waals surface area contributed by atoms with Gasteiger partial charge in [0.25, 0.3) is 0 Å². The van der Waals surface area contributed by atoms with Crippen molar-refractivity contribution in [2.75, 3.05) is 45.9 Å². The molecule has 115 heavy (non-hydrogen) atoms. The Morgan fingerprint density at radius 3 is 1.67 bits per heavy atom. The Labute approximate surface area is 665 Å². The Hall–Kier alpha value is -11.8. The molecule has 3 fully saturated rings. The van der Waals surface area contributed by atoms with Crippen LogP contribution in [0.3, 0.4) is 0 Å². The van der Waals surface area contributed by atoms with E-state index in [0.717, 1.165) is 10.9 Å². The number of aliphatic imine (C=N–C) groups is 2. The van der Waals surface area contributed by atoms with Crippen molar-refractivity contribution in [3.63, 3.8) is 0 Å². The number of unbranched alkanes of at least 4 members (excludes halogenated alkanes) is 2. The first-order valence-corrected chi connectivity index (χ1v) is 39.2. The number of likely N-dealkylation sites (tertiary alicyclic amines) is 2. The number of aromatic amines is 2. The fourth-order valence-electron chi connectivity index (χ4n) is 14.0. The highest BCUT2D eigenvalue weighted by molar-refractivity contribution is 6.00. The van der Waals surface area contributed by atoms with Gasteiger partial charge in [0.2, 0.25) is 76.8 Å². The van der Waals surface area contributed by atoms with Crippen LogP contribution in [0, 0.1) is 5.92 Å². The van der Waals surface area contributed by atoms with Gasteiger partial charge >= 0.3 is 5.97 Å². The molecule has 0 unspecified atom stereocenters. The number of fused-ring (bicyclic) bond motifs is 1. The number of benzene rings is 2. The molecular formula is C76H113N23O16. The van der Waals surface area contributed by atoms with E-state index in [1.165, 1.54) is 22.3 Å². The maximum atomic E-state index is 14.6. The molecule has 0 saturated carbocycles. The molecule has 628 valence electrons. The van der Waals surface area contributed by atoms with Crippen molar-refractivity contribution in [2.24, 2.45) is 44.6 Å². The Balaban J connectivity index is 1.00. The molecule has 2 aromatic heterocycles. The van der Waals surface area contributed by atoms with Crippen LogP contribution >= 0.6 is 0 Å². The van der Waals surface area contributed by atoms with Gasteiger partial charge in [-0.15, -0.1) is 0 Å². The highest BCUT2D eigenvalue weighted by Crippen LogP contribution is 2.24. The molecule has 25 N–H and O–H groups in total. The molecule has 2 aromatic carbocycles. The number of hydrogen-bond donors (Lipinski definition) is 20. The van der Waals surface area contributed by atoms with Gasteiger partial charge in [0.15, 0.2) is 11.9 Å². The molecule has 39 nitrogen and oxygen atoms in total. The monoisotopic (exact) mass is 1600 g/mol. The second kappa shape index (κ2) is 45.8. The number of nitrogens with zero attached hydrogens (tertiary/aromatic N) is 5. The average molecular weight is 1600 g/mol. The van der Waals surface area contributed by atoms with E-state index in [9.17, 15) is 77.3 Å². The van der Waals surface area contributed by atoms with Crippen LogP contribution in [0.1, 0.15) is 147 Å². The first-order chi connectivity index (χ1) is 55.1. The van der Waals surface area contributed by atoms with Gasteiger partial charge in [-0.1, -0.05) is 82.1 Å². The largest absolute Gasteiger partial charge is 0.480 e. The zero-order valence-corrected chi connectivity index (χ0v) is 65.3. The number of carboxylic acid groups (broad SMARTS) is 1. The van der Waals surface area contributed by atoms with Crippen molar-refractivity contribution < 1.29 is 77.3 Å². The van der Waals surface area contributed by atoms with Gasteiger partial charge in [-0.25, -0.2) is 9.78 Å². The number of aliphatic hydroxyl groups is 1. The van der Waals surface area contributed by atoms with Crippen molar-refractivity contribution in [3.05, 3.63) is 90.1 Å². The molecule has 0 bridgehead atoms. The highest BCUT2D eigenvalue weighted by Gasteiger charge is 2.42. The van der Waals surface area contributed by atoms with E-state index in [1.807, 2.05) is 31.2 Å². The molecule has 3 saturated heterocycles. The Kier molecular flexibility index (Phi) is 36.0. The zero-order chi connectivity index (χ0) is 83.7. The van der Waals surface area contributed by atoms with Crippen molar-refractivity contribution in [3.8, 4) is 0 Å². The molecule has 0 spiro atoms. The highest BCUT2D eigenvalue weighted by atomic mass is 16.4. The number of H-pyrrole nitrogens is 2. The Morgan fingerprint density at radius 2 is 1.09 bits per heavy atom. The summed E-state index contributed by atoms with van der Waals surface area (Å²) in [5.74, 6) is -11.8. The minimum atomic E-state index is -1.78. The fraction of sp³-hybridized carbons (Fsp3) is 0.566. The summed E-state index contributed by atoms with van der Waals surface area (Å²) in [6, 6.07) is 0.310. The average Bonchev–Trinajstić information content (AvgIpc) is 1.45. The number of hydrogen-bond acceptors (Lipinski definition) is 19. The van der Waals surface area contributed by atoms with Gasteiger partial charge in [-0.2, -0.15) is 0 Å². The summed E-state index contributed by atoms with van der Waals surface area (Å²) >= 11 is 0. The van der Waals surface area contributed by atoms with Gasteiger partial charge in [0.1, 0.15) is 72.5 Å². The number of nitrogens with one attached hydrogen (secondary N) is 13. The molecule has 0 aliphatic carbocycles. The lowest BCUT2D eigenvalue weighted by atomic mass is 10.0. The summed E-state index contributed by atoms with van der Waals surface area (Å²) in [5.41, 5.74) is 30.4. The van der Waals surface area contributed by atoms with E-state index in [-0.39, 0.29) is 146 Å². The lowest BCUT2D eigenvalue weighted by Crippen LogP contribution is -2.61. The molecule has 3 aliphatic rings. The SMILES string of the molecule is CCCC[C@H](NC(=O)[C@@H]1CCCN1C(=O)CNC(=O)[C@H](CCCCN)NC(=O)[C@H](Cc1cnc[nH]1)NC(=O)[C@H](CO)NC(=O)[C@H](CC(C)C)NC(=O)[C@H](CCCN=C(N)N)NC(=O)[C@@H]1CCCN1C(=O)[C@H](CCCN=C(N)N)NC(=O)[C@@H]1CCC(=O)N1)C(=O)N[C@H](Cc1c[nH]c2ccccc12)C(=O)N[C@@H](Cc1ccccc1)C(=O)O. The van der Waals surface area contributed by atoms with Crippen molar-refractivity contribution in [1.29, 1.82) is 0 Å². The smallest absolute Gasteiger partial charge is 0.326 e. The summed E-state index contributed by atoms with van der Waals surface area (Å²) in [7, 11) is 0. The molecule has 39 heteroatoms. The van der Waals surface area contributed by atoms with E-state index in [2.05, 4.69) is 83.4 Å². The topological polar surface area (TPSA) is 618 Å². The predicted octanol–water partition coefficient (Wildman–Crippen LogP) is -3.79. The maximum Gasteiger partial charge on any atom is 0.326 e. The van der Waals surface area contributed by atoms with Crippen LogP contribution in [0.25, 0.3) is 10.9 Å². The van der Waals surface area contributed by atoms with E-state index in [4.69, 9.17) is 28.7 Å². The summed E-state index contributed by atoms with van der Waals surface area (Å²) < 4.78 is 0. The summed E-state index contributed by atoms with van der Waals surface area (Å²) in [6.45, 7) is 4.21. The molecule has 3 aliphatic heterocycles. The number of carbonyl (C=O) groups excluding carboxylic acids is 13. The number of amides is 13. The number of aromatic nitrogens is 3. The lowest BCUT2D eigenvalue weighted by molar-refractivity contribution is -0.142. The standard InChI is InChI=1S/C76H113N23O16/c1-4-5-20-50(64(104)94-55(36-45-38-85-48-21-10-9-19-47(45)48)68(108)96-57(74(114)115)35-44-17-7-6-8-18-44)90-71(111)59-25-15-32-98(59)62(102)40-86-63(103)49(22-11-12-29-77)89-69(109)56(37-46-39-82-42-87-46)95-70(110)58(41-100)97-67(107)54(34-43(2)3)93-65(105)51(23-13-30-83-75(78)79)91-72(112)60-26-16-33-99(60)73(113)53(24-14-31-84-76(80)81)92-66(106)52-27-28-61(101)88-52/h6-10,17-19,21,38-39,42-43,49-60,85,100H,4-5,11-16,20,22-37,40-41,77H2,1-3H3,(H,82,87)(H,86,103)(H,88,101)(H,89,109)(H,90,111)(H,91,112)(H,92,106)(H,93,105)(H,94,104)(H,95,110)(H,96,108)(H,97,107)(H,114,115)(H4,78,79,83)(H4,80,81,84)/t49-,50-,51-,52-,53-,54-,55+,56-,57-,58-,59-,60-/m0/s1. The minimum absolute atomic E-state index is 0.0156. The minimum Gasteiger partial charge on any atom is -0.480 e. The third-order valence-corrected chi connectivity index (χ3v) is 20.0. The number of rotatable bonds is 47. The number of imidazole rings is 1. The fourth-order valence-corrected chi connectivity index (χ4v) is 14.0. The van der Waals surface area contributed by atoms with Crippen LogP contribution in [0.15, 0.2) is 83.3 Å². The van der Waals surface area contributed by atoms with Crippen LogP contribution in [0.5, 0.6) is 0 Å². The number of guanidine groups is 2. The van der Waals surface area contributed by atoms with Gasteiger partial charge in [-0.05, 0) is 120 Å². The molecule has 4 aromatic rings. The third kappa shape index (κ3) is 28.4.